The summed E-state index contributed by atoms with van der Waals surface area (Å²) in [6.45, 7) is 2.19. The van der Waals surface area contributed by atoms with Crippen LogP contribution in [0.4, 0.5) is 0 Å². The molecule has 23 heavy (non-hydrogen) atoms. The molecule has 0 heterocycles. The monoisotopic (exact) mass is 310 g/mol. The second-order valence-electron chi connectivity index (χ2n) is 8.05. The first-order chi connectivity index (χ1) is 11.0. The normalized spacial score (nSPS) is 48.0. The van der Waals surface area contributed by atoms with Crippen LogP contribution >= 0.6 is 0 Å². The SMILES string of the molecule is C#CC1(O)CCC2C3C=CC4=CC(=O)CCC4C3CCC21CC. The van der Waals surface area contributed by atoms with Gasteiger partial charge in [-0.2, -0.15) is 0 Å². The van der Waals surface area contributed by atoms with Crippen LogP contribution in [0.3, 0.4) is 0 Å². The van der Waals surface area contributed by atoms with Crippen molar-refractivity contribution >= 4 is 5.78 Å². The van der Waals surface area contributed by atoms with Crippen LogP contribution in [0.2, 0.25) is 0 Å². The van der Waals surface area contributed by atoms with Crippen LogP contribution in [-0.4, -0.2) is 16.5 Å². The highest BCUT2D eigenvalue weighted by molar-refractivity contribution is 5.91. The van der Waals surface area contributed by atoms with E-state index in [9.17, 15) is 9.90 Å². The molecule has 0 amide bonds. The zero-order valence-electron chi connectivity index (χ0n) is 13.9. The average molecular weight is 310 g/mol. The lowest BCUT2D eigenvalue weighted by Crippen LogP contribution is -2.52. The molecule has 1 N–H and O–H groups in total. The highest BCUT2D eigenvalue weighted by Crippen LogP contribution is 2.64. The molecule has 2 heteroatoms. The topological polar surface area (TPSA) is 37.3 Å². The van der Waals surface area contributed by atoms with Gasteiger partial charge in [0.1, 0.15) is 5.60 Å². The maximum atomic E-state index is 11.7. The second-order valence-corrected chi connectivity index (χ2v) is 8.05. The third kappa shape index (κ3) is 1.89. The summed E-state index contributed by atoms with van der Waals surface area (Å²) in [6.07, 6.45) is 18.7. The Morgan fingerprint density at radius 3 is 2.91 bits per heavy atom. The van der Waals surface area contributed by atoms with E-state index in [1.54, 1.807) is 0 Å². The molecule has 0 spiro atoms. The molecule has 0 aliphatic heterocycles. The molecule has 0 aromatic carbocycles. The lowest BCUT2D eigenvalue weighted by molar-refractivity contribution is -0.116. The quantitative estimate of drug-likeness (QED) is 0.751. The second kappa shape index (κ2) is 5.08. The molecule has 4 aliphatic rings. The van der Waals surface area contributed by atoms with Gasteiger partial charge in [-0.25, -0.2) is 0 Å². The number of carbonyl (C=O) groups excluding carboxylic acids is 1. The predicted octanol–water partition coefficient (Wildman–Crippen LogP) is 3.66. The Morgan fingerprint density at radius 2 is 2.17 bits per heavy atom. The van der Waals surface area contributed by atoms with E-state index in [0.717, 1.165) is 38.5 Å². The van der Waals surface area contributed by atoms with Crippen LogP contribution in [-0.2, 0) is 4.79 Å². The standard InChI is InChI=1S/C21H26O2/c1-3-20-11-9-17-16-8-6-15(22)13-14(16)5-7-18(17)19(20)10-12-21(20,23)4-2/h2,5,7,13,16-19,23H,3,6,8-12H2,1H3. The van der Waals surface area contributed by atoms with Crippen LogP contribution in [0, 0.1) is 41.4 Å². The van der Waals surface area contributed by atoms with Gasteiger partial charge >= 0.3 is 0 Å². The Morgan fingerprint density at radius 1 is 1.35 bits per heavy atom. The molecule has 0 aromatic rings. The number of rotatable bonds is 1. The zero-order valence-corrected chi connectivity index (χ0v) is 13.9. The summed E-state index contributed by atoms with van der Waals surface area (Å²) < 4.78 is 0. The number of hydrogen-bond donors (Lipinski definition) is 1. The highest BCUT2D eigenvalue weighted by atomic mass is 16.3. The molecular formula is C21H26O2. The zero-order chi connectivity index (χ0) is 16.2. The van der Waals surface area contributed by atoms with Crippen LogP contribution < -0.4 is 0 Å². The van der Waals surface area contributed by atoms with Crippen molar-refractivity contribution in [1.82, 2.24) is 0 Å². The smallest absolute Gasteiger partial charge is 0.155 e. The van der Waals surface area contributed by atoms with Gasteiger partial charge in [-0.05, 0) is 73.8 Å². The number of allylic oxidation sites excluding steroid dienone is 4. The molecule has 6 atom stereocenters. The maximum Gasteiger partial charge on any atom is 0.155 e. The van der Waals surface area contributed by atoms with Crippen molar-refractivity contribution in [1.29, 1.82) is 0 Å². The molecule has 0 bridgehead atoms. The molecular weight excluding hydrogens is 284 g/mol. The van der Waals surface area contributed by atoms with E-state index < -0.39 is 5.60 Å². The van der Waals surface area contributed by atoms with Gasteiger partial charge in [0.25, 0.3) is 0 Å². The van der Waals surface area contributed by atoms with Crippen molar-refractivity contribution in [3.8, 4) is 12.3 Å². The molecule has 4 aliphatic carbocycles. The van der Waals surface area contributed by atoms with Crippen LogP contribution in [0.15, 0.2) is 23.8 Å². The first-order valence-electron chi connectivity index (χ1n) is 9.17. The van der Waals surface area contributed by atoms with Crippen molar-refractivity contribution in [2.45, 2.75) is 57.5 Å². The molecule has 0 saturated heterocycles. The average Bonchev–Trinajstić information content (AvgIpc) is 2.88. The Kier molecular flexibility index (Phi) is 3.36. The van der Waals surface area contributed by atoms with Gasteiger partial charge in [-0.15, -0.1) is 6.42 Å². The van der Waals surface area contributed by atoms with Gasteiger partial charge in [0.15, 0.2) is 5.78 Å². The van der Waals surface area contributed by atoms with Gasteiger partial charge < -0.3 is 5.11 Å². The molecule has 122 valence electrons. The third-order valence-electron chi connectivity index (χ3n) is 7.59. The van der Waals surface area contributed by atoms with Crippen molar-refractivity contribution in [3.63, 3.8) is 0 Å². The minimum atomic E-state index is -0.927. The Hall–Kier alpha value is -1.33. The maximum absolute atomic E-state index is 11.7. The number of aliphatic hydroxyl groups is 1. The Balaban J connectivity index is 1.73. The van der Waals surface area contributed by atoms with Crippen molar-refractivity contribution in [3.05, 3.63) is 23.8 Å². The number of hydrogen-bond acceptors (Lipinski definition) is 2. The summed E-state index contributed by atoms with van der Waals surface area (Å²) in [6, 6.07) is 0. The lowest BCUT2D eigenvalue weighted by Gasteiger charge is -2.54. The van der Waals surface area contributed by atoms with Gasteiger partial charge in [-0.3, -0.25) is 4.79 Å². The van der Waals surface area contributed by atoms with Crippen LogP contribution in [0.5, 0.6) is 0 Å². The van der Waals surface area contributed by atoms with Crippen molar-refractivity contribution in [2.75, 3.05) is 0 Å². The summed E-state index contributed by atoms with van der Waals surface area (Å²) in [5.41, 5.74) is 0.208. The predicted molar refractivity (Wildman–Crippen MR) is 90.4 cm³/mol. The highest BCUT2D eigenvalue weighted by Gasteiger charge is 2.62. The summed E-state index contributed by atoms with van der Waals surface area (Å²) >= 11 is 0. The molecule has 4 rings (SSSR count). The fraction of sp³-hybridized carbons (Fsp3) is 0.667. The number of fused-ring (bicyclic) bond motifs is 5. The van der Waals surface area contributed by atoms with Crippen molar-refractivity contribution in [2.24, 2.45) is 29.1 Å². The number of carbonyl (C=O) groups is 1. The molecule has 2 nitrogen and oxygen atoms in total. The summed E-state index contributed by atoms with van der Waals surface area (Å²) in [5, 5.41) is 11.1. The van der Waals surface area contributed by atoms with E-state index >= 15 is 0 Å². The third-order valence-corrected chi connectivity index (χ3v) is 7.59. The molecule has 2 fully saturated rings. The largest absolute Gasteiger partial charge is 0.377 e. The van der Waals surface area contributed by atoms with E-state index in [1.165, 1.54) is 5.57 Å². The molecule has 0 radical (unpaired) electrons. The fourth-order valence-electron chi connectivity index (χ4n) is 6.44. The van der Waals surface area contributed by atoms with Gasteiger partial charge in [0.2, 0.25) is 0 Å². The van der Waals surface area contributed by atoms with E-state index in [0.29, 0.717) is 30.1 Å². The van der Waals surface area contributed by atoms with Gasteiger partial charge in [0.05, 0.1) is 0 Å². The first kappa shape index (κ1) is 15.2. The van der Waals surface area contributed by atoms with E-state index in [1.807, 2.05) is 6.08 Å². The number of terminal acetylenes is 1. The van der Waals surface area contributed by atoms with E-state index in [-0.39, 0.29) is 11.2 Å². The van der Waals surface area contributed by atoms with Crippen LogP contribution in [0.1, 0.15) is 51.9 Å². The fourth-order valence-corrected chi connectivity index (χ4v) is 6.44. The van der Waals surface area contributed by atoms with Crippen LogP contribution in [0.25, 0.3) is 0 Å². The van der Waals surface area contributed by atoms with Crippen molar-refractivity contribution < 1.29 is 9.90 Å². The summed E-state index contributed by atoms with van der Waals surface area (Å²) in [5.74, 6) is 5.21. The Labute approximate surface area is 139 Å². The number of ketones is 1. The molecule has 0 aromatic heterocycles. The van der Waals surface area contributed by atoms with E-state index in [2.05, 4.69) is 25.0 Å². The summed E-state index contributed by atoms with van der Waals surface area (Å²) in [4.78, 5) is 11.7. The molecule has 2 saturated carbocycles. The molecule has 6 unspecified atom stereocenters. The van der Waals surface area contributed by atoms with Gasteiger partial charge in [0, 0.05) is 11.8 Å². The van der Waals surface area contributed by atoms with Gasteiger partial charge in [-0.1, -0.05) is 25.0 Å². The minimum Gasteiger partial charge on any atom is -0.377 e. The van der Waals surface area contributed by atoms with E-state index in [4.69, 9.17) is 6.42 Å². The lowest BCUT2D eigenvalue weighted by atomic mass is 9.51. The Bertz CT molecular complexity index is 637. The minimum absolute atomic E-state index is 0.112. The first-order valence-corrected chi connectivity index (χ1v) is 9.17. The summed E-state index contributed by atoms with van der Waals surface area (Å²) in [7, 11) is 0.